The molecule has 7 heteroatoms. The van der Waals surface area contributed by atoms with Crippen molar-refractivity contribution in [2.75, 3.05) is 19.6 Å². The van der Waals surface area contributed by atoms with E-state index in [2.05, 4.69) is 15.7 Å². The summed E-state index contributed by atoms with van der Waals surface area (Å²) in [5.74, 6) is 0.895. The summed E-state index contributed by atoms with van der Waals surface area (Å²) in [6.45, 7) is 2.81. The van der Waals surface area contributed by atoms with Gasteiger partial charge in [0.1, 0.15) is 5.01 Å². The zero-order valence-corrected chi connectivity index (χ0v) is 15.4. The van der Waals surface area contributed by atoms with E-state index in [1.165, 1.54) is 18.5 Å². The van der Waals surface area contributed by atoms with Gasteiger partial charge in [-0.2, -0.15) is 0 Å². The number of carbonyl (C=O) groups is 2. The molecule has 3 fully saturated rings. The number of hydrogen-bond donors (Lipinski definition) is 1. The summed E-state index contributed by atoms with van der Waals surface area (Å²) >= 11 is 1.64. The fourth-order valence-electron chi connectivity index (χ4n) is 3.83. The van der Waals surface area contributed by atoms with Gasteiger partial charge in [0.2, 0.25) is 5.91 Å². The van der Waals surface area contributed by atoms with Gasteiger partial charge < -0.3 is 15.1 Å². The van der Waals surface area contributed by atoms with Crippen LogP contribution < -0.4 is 5.32 Å². The van der Waals surface area contributed by atoms with E-state index < -0.39 is 0 Å². The number of carbonyl (C=O) groups excluding carboxylic acids is 2. The van der Waals surface area contributed by atoms with Gasteiger partial charge in [-0.15, -0.1) is 11.3 Å². The number of rotatable bonds is 5. The van der Waals surface area contributed by atoms with Crippen molar-refractivity contribution in [3.63, 3.8) is 0 Å². The van der Waals surface area contributed by atoms with E-state index in [0.29, 0.717) is 25.4 Å². The lowest BCUT2D eigenvalue weighted by Crippen LogP contribution is -2.52. The van der Waals surface area contributed by atoms with E-state index in [0.717, 1.165) is 43.8 Å². The van der Waals surface area contributed by atoms with Crippen LogP contribution >= 0.6 is 11.3 Å². The first-order chi connectivity index (χ1) is 12.2. The molecule has 3 amide bonds. The van der Waals surface area contributed by atoms with Crippen molar-refractivity contribution >= 4 is 23.3 Å². The Morgan fingerprint density at radius 1 is 1.24 bits per heavy atom. The molecule has 1 saturated carbocycles. The fourth-order valence-corrected chi connectivity index (χ4v) is 4.65. The van der Waals surface area contributed by atoms with Gasteiger partial charge in [0.25, 0.3) is 0 Å². The van der Waals surface area contributed by atoms with Crippen molar-refractivity contribution in [2.24, 2.45) is 0 Å². The molecule has 1 aromatic rings. The van der Waals surface area contributed by atoms with Crippen LogP contribution in [0.3, 0.4) is 0 Å². The Hall–Kier alpha value is -1.63. The van der Waals surface area contributed by atoms with Crippen LogP contribution in [0, 0.1) is 0 Å². The maximum absolute atomic E-state index is 12.7. The minimum absolute atomic E-state index is 0.0143. The second-order valence-electron chi connectivity index (χ2n) is 7.39. The Balaban J connectivity index is 1.32. The van der Waals surface area contributed by atoms with Crippen LogP contribution in [0.25, 0.3) is 0 Å². The van der Waals surface area contributed by atoms with Crippen LogP contribution in [0.2, 0.25) is 0 Å². The number of amides is 3. The summed E-state index contributed by atoms with van der Waals surface area (Å²) < 4.78 is 0. The van der Waals surface area contributed by atoms with Crippen LogP contribution in [0.5, 0.6) is 0 Å². The quantitative estimate of drug-likeness (QED) is 0.876. The molecule has 1 aliphatic carbocycles. The number of piperidine rings is 1. The average Bonchev–Trinajstić information content (AvgIpc) is 3.24. The smallest absolute Gasteiger partial charge is 0.318 e. The van der Waals surface area contributed by atoms with Crippen molar-refractivity contribution in [3.05, 3.63) is 16.1 Å². The first-order valence-corrected chi connectivity index (χ1v) is 10.4. The van der Waals surface area contributed by atoms with E-state index in [9.17, 15) is 9.59 Å². The molecule has 2 saturated heterocycles. The van der Waals surface area contributed by atoms with Gasteiger partial charge in [0.15, 0.2) is 0 Å². The number of likely N-dealkylation sites (tertiary alicyclic amines) is 2. The Morgan fingerprint density at radius 3 is 2.88 bits per heavy atom. The molecule has 1 unspecified atom stereocenters. The van der Waals surface area contributed by atoms with Gasteiger partial charge in [-0.25, -0.2) is 9.78 Å². The molecule has 3 aliphatic rings. The molecule has 25 heavy (non-hydrogen) atoms. The number of urea groups is 1. The number of nitrogens with zero attached hydrogens (tertiary/aromatic N) is 3. The van der Waals surface area contributed by atoms with Crippen molar-refractivity contribution in [1.82, 2.24) is 20.1 Å². The van der Waals surface area contributed by atoms with E-state index in [-0.39, 0.29) is 18.0 Å². The maximum Gasteiger partial charge on any atom is 0.318 e. The third-order valence-corrected chi connectivity index (χ3v) is 6.31. The molecule has 0 radical (unpaired) electrons. The molecule has 0 bridgehead atoms. The molecule has 4 rings (SSSR count). The van der Waals surface area contributed by atoms with Gasteiger partial charge in [0, 0.05) is 37.4 Å². The van der Waals surface area contributed by atoms with Crippen molar-refractivity contribution < 1.29 is 9.59 Å². The summed E-state index contributed by atoms with van der Waals surface area (Å²) in [5, 5.41) is 6.15. The number of aromatic nitrogens is 1. The van der Waals surface area contributed by atoms with Gasteiger partial charge in [0.05, 0.1) is 18.3 Å². The highest BCUT2D eigenvalue weighted by Crippen LogP contribution is 2.40. The predicted octanol–water partition coefficient (Wildman–Crippen LogP) is 2.71. The molecular formula is C18H26N4O2S. The third-order valence-electron chi connectivity index (χ3n) is 5.45. The zero-order valence-electron chi connectivity index (χ0n) is 14.6. The van der Waals surface area contributed by atoms with E-state index >= 15 is 0 Å². The van der Waals surface area contributed by atoms with Crippen LogP contribution in [0.1, 0.15) is 61.6 Å². The van der Waals surface area contributed by atoms with Gasteiger partial charge in [-0.1, -0.05) is 0 Å². The van der Waals surface area contributed by atoms with Crippen LogP contribution in [-0.2, 0) is 11.3 Å². The van der Waals surface area contributed by atoms with E-state index in [1.54, 1.807) is 11.3 Å². The van der Waals surface area contributed by atoms with Gasteiger partial charge in [-0.05, 0) is 38.5 Å². The molecule has 0 spiro atoms. The lowest BCUT2D eigenvalue weighted by molar-refractivity contribution is -0.128. The molecule has 3 heterocycles. The van der Waals surface area contributed by atoms with Crippen LogP contribution in [0.4, 0.5) is 4.79 Å². The van der Waals surface area contributed by atoms with Gasteiger partial charge in [-0.3, -0.25) is 4.79 Å². The maximum atomic E-state index is 12.7. The van der Waals surface area contributed by atoms with Crippen molar-refractivity contribution in [3.8, 4) is 0 Å². The largest absolute Gasteiger partial charge is 0.341 e. The Morgan fingerprint density at radius 2 is 2.12 bits per heavy atom. The van der Waals surface area contributed by atoms with Crippen LogP contribution in [-0.4, -0.2) is 52.4 Å². The highest BCUT2D eigenvalue weighted by atomic mass is 32.1. The molecule has 1 N–H and O–H groups in total. The molecular weight excluding hydrogens is 336 g/mol. The summed E-state index contributed by atoms with van der Waals surface area (Å²) in [6, 6.07) is 0.133. The normalized spacial score (nSPS) is 24.0. The fraction of sp³-hybridized carbons (Fsp3) is 0.722. The first-order valence-electron chi connectivity index (χ1n) is 9.47. The SMILES string of the molecule is O=C1CCCN1CC1CCCCN1C(=O)NCc1nc(C2CC2)cs1. The van der Waals surface area contributed by atoms with E-state index in [4.69, 9.17) is 0 Å². The second kappa shape index (κ2) is 7.32. The van der Waals surface area contributed by atoms with E-state index in [1.807, 2.05) is 9.80 Å². The second-order valence-corrected chi connectivity index (χ2v) is 8.33. The topological polar surface area (TPSA) is 65.5 Å². The van der Waals surface area contributed by atoms with Crippen molar-refractivity contribution in [2.45, 2.75) is 63.5 Å². The zero-order chi connectivity index (χ0) is 17.2. The predicted molar refractivity (Wildman–Crippen MR) is 96.5 cm³/mol. The molecule has 1 atom stereocenters. The van der Waals surface area contributed by atoms with Crippen LogP contribution in [0.15, 0.2) is 5.38 Å². The third kappa shape index (κ3) is 3.97. The first kappa shape index (κ1) is 16.8. The highest BCUT2D eigenvalue weighted by molar-refractivity contribution is 7.09. The lowest BCUT2D eigenvalue weighted by Gasteiger charge is -2.37. The molecule has 2 aliphatic heterocycles. The highest BCUT2D eigenvalue weighted by Gasteiger charge is 2.31. The summed E-state index contributed by atoms with van der Waals surface area (Å²) in [4.78, 5) is 33.1. The average molecular weight is 362 g/mol. The Kier molecular flexibility index (Phi) is 4.92. The Labute approximate surface area is 152 Å². The van der Waals surface area contributed by atoms with Gasteiger partial charge >= 0.3 is 6.03 Å². The molecule has 0 aromatic carbocycles. The number of hydrogen-bond acceptors (Lipinski definition) is 4. The number of thiazole rings is 1. The minimum atomic E-state index is -0.0143. The number of nitrogens with one attached hydrogen (secondary N) is 1. The minimum Gasteiger partial charge on any atom is -0.341 e. The Bertz CT molecular complexity index is 643. The summed E-state index contributed by atoms with van der Waals surface area (Å²) in [6.07, 6.45) is 7.27. The monoisotopic (exact) mass is 362 g/mol. The standard InChI is InChI=1S/C18H26N4O2S/c23-17-5-3-8-21(17)11-14-4-1-2-9-22(14)18(24)19-10-16-20-15(12-25-16)13-6-7-13/h12-14H,1-11H2,(H,19,24). The molecule has 6 nitrogen and oxygen atoms in total. The lowest BCUT2D eigenvalue weighted by atomic mass is 10.0. The molecule has 136 valence electrons. The molecule has 1 aromatic heterocycles. The summed E-state index contributed by atoms with van der Waals surface area (Å²) in [5.41, 5.74) is 1.19. The van der Waals surface area contributed by atoms with Crippen molar-refractivity contribution in [1.29, 1.82) is 0 Å². The summed E-state index contributed by atoms with van der Waals surface area (Å²) in [7, 11) is 0.